The number of methoxy groups -OCH3 is 1. The van der Waals surface area contributed by atoms with E-state index in [0.29, 0.717) is 18.1 Å². The molecule has 116 valence electrons. The predicted molar refractivity (Wildman–Crippen MR) is 86.0 cm³/mol. The highest BCUT2D eigenvalue weighted by Gasteiger charge is 2.38. The topological polar surface area (TPSA) is 27.7 Å². The highest BCUT2D eigenvalue weighted by Crippen LogP contribution is 2.37. The van der Waals surface area contributed by atoms with E-state index < -0.39 is 0 Å². The van der Waals surface area contributed by atoms with Gasteiger partial charge in [-0.25, -0.2) is 0 Å². The molecule has 0 spiro atoms. The summed E-state index contributed by atoms with van der Waals surface area (Å²) in [6.07, 6.45) is 2.42. The van der Waals surface area contributed by atoms with Crippen molar-refractivity contribution in [2.24, 2.45) is 0 Å². The lowest BCUT2D eigenvalue weighted by Crippen LogP contribution is -2.42. The van der Waals surface area contributed by atoms with Crippen LogP contribution >= 0.6 is 0 Å². The number of hydrogen-bond donors (Lipinski definition) is 1. The van der Waals surface area contributed by atoms with E-state index in [1.807, 2.05) is 0 Å². The molecule has 1 aromatic carbocycles. The summed E-state index contributed by atoms with van der Waals surface area (Å²) in [5.41, 5.74) is 2.88. The maximum absolute atomic E-state index is 5.39. The van der Waals surface area contributed by atoms with Crippen LogP contribution in [-0.2, 0) is 6.42 Å². The van der Waals surface area contributed by atoms with E-state index in [0.717, 1.165) is 12.2 Å². The predicted octanol–water partition coefficient (Wildman–Crippen LogP) is 1.52. The first-order chi connectivity index (χ1) is 10.1. The molecule has 1 fully saturated rings. The number of benzene rings is 1. The Morgan fingerprint density at radius 3 is 2.76 bits per heavy atom. The lowest BCUT2D eigenvalue weighted by Gasteiger charge is -2.30. The molecule has 1 aliphatic heterocycles. The van der Waals surface area contributed by atoms with E-state index in [-0.39, 0.29) is 0 Å². The standard InChI is InChI=1S/C17H27N3O/c1-18-17-15-10-14(21-4)6-5-12(15)9-16(17)20-8-7-13(11-20)19(2)3/h5-6,10,13,16-18H,7-9,11H2,1-4H3. The maximum Gasteiger partial charge on any atom is 0.119 e. The molecule has 1 saturated heterocycles. The fraction of sp³-hybridized carbons (Fsp3) is 0.647. The summed E-state index contributed by atoms with van der Waals surface area (Å²) in [5.74, 6) is 0.960. The van der Waals surface area contributed by atoms with Crippen molar-refractivity contribution >= 4 is 0 Å². The molecule has 0 aromatic heterocycles. The van der Waals surface area contributed by atoms with Gasteiger partial charge in [-0.1, -0.05) is 6.07 Å². The van der Waals surface area contributed by atoms with Crippen molar-refractivity contribution in [3.05, 3.63) is 29.3 Å². The van der Waals surface area contributed by atoms with Crippen molar-refractivity contribution < 1.29 is 4.74 Å². The minimum Gasteiger partial charge on any atom is -0.497 e. The van der Waals surface area contributed by atoms with Crippen molar-refractivity contribution in [3.8, 4) is 5.75 Å². The molecule has 1 aromatic rings. The van der Waals surface area contributed by atoms with Crippen LogP contribution in [0.1, 0.15) is 23.6 Å². The van der Waals surface area contributed by atoms with E-state index in [1.165, 1.54) is 30.6 Å². The summed E-state index contributed by atoms with van der Waals surface area (Å²) in [5, 5.41) is 3.53. The number of nitrogens with one attached hydrogen (secondary N) is 1. The van der Waals surface area contributed by atoms with Crippen LogP contribution < -0.4 is 10.1 Å². The third kappa shape index (κ3) is 2.68. The highest BCUT2D eigenvalue weighted by molar-refractivity contribution is 5.43. The Morgan fingerprint density at radius 2 is 2.14 bits per heavy atom. The minimum absolute atomic E-state index is 0.413. The van der Waals surface area contributed by atoms with Gasteiger partial charge in [-0.05, 0) is 57.2 Å². The second-order valence-electron chi connectivity index (χ2n) is 6.50. The third-order valence-electron chi connectivity index (χ3n) is 5.21. The van der Waals surface area contributed by atoms with E-state index in [9.17, 15) is 0 Å². The quantitative estimate of drug-likeness (QED) is 0.909. The zero-order valence-corrected chi connectivity index (χ0v) is 13.6. The first-order valence-corrected chi connectivity index (χ1v) is 7.88. The van der Waals surface area contributed by atoms with E-state index in [1.54, 1.807) is 7.11 Å². The molecule has 0 bridgehead atoms. The SMILES string of the molecule is CNC1c2cc(OC)ccc2CC1N1CCC(N(C)C)C1. The van der Waals surface area contributed by atoms with Crippen LogP contribution in [0.25, 0.3) is 0 Å². The molecule has 2 aliphatic rings. The Labute approximate surface area is 128 Å². The molecule has 3 atom stereocenters. The number of hydrogen-bond acceptors (Lipinski definition) is 4. The maximum atomic E-state index is 5.39. The van der Waals surface area contributed by atoms with Gasteiger partial charge in [-0.2, -0.15) is 0 Å². The highest BCUT2D eigenvalue weighted by atomic mass is 16.5. The van der Waals surface area contributed by atoms with Gasteiger partial charge in [-0.15, -0.1) is 0 Å². The summed E-state index contributed by atoms with van der Waals surface area (Å²) in [6, 6.07) is 8.20. The summed E-state index contributed by atoms with van der Waals surface area (Å²) in [4.78, 5) is 5.03. The van der Waals surface area contributed by atoms with Gasteiger partial charge in [-0.3, -0.25) is 4.90 Å². The second-order valence-corrected chi connectivity index (χ2v) is 6.50. The minimum atomic E-state index is 0.413. The molecule has 3 unspecified atom stereocenters. The lowest BCUT2D eigenvalue weighted by molar-refractivity contribution is 0.189. The Hall–Kier alpha value is -1.10. The molecule has 1 aliphatic carbocycles. The Morgan fingerprint density at radius 1 is 1.33 bits per heavy atom. The molecule has 0 amide bonds. The first-order valence-electron chi connectivity index (χ1n) is 7.88. The van der Waals surface area contributed by atoms with Gasteiger partial charge in [0.05, 0.1) is 7.11 Å². The summed E-state index contributed by atoms with van der Waals surface area (Å²) >= 11 is 0. The zero-order chi connectivity index (χ0) is 15.0. The molecule has 21 heavy (non-hydrogen) atoms. The number of nitrogens with zero attached hydrogens (tertiary/aromatic N) is 2. The summed E-state index contributed by atoms with van der Waals surface area (Å²) in [6.45, 7) is 2.39. The number of rotatable bonds is 4. The molecule has 0 saturated carbocycles. The number of fused-ring (bicyclic) bond motifs is 1. The average Bonchev–Trinajstić information content (AvgIpc) is 3.10. The number of likely N-dealkylation sites (tertiary alicyclic amines) is 1. The van der Waals surface area contributed by atoms with Crippen LogP contribution in [-0.4, -0.2) is 63.2 Å². The first kappa shape index (κ1) is 14.8. The van der Waals surface area contributed by atoms with E-state index in [2.05, 4.69) is 54.5 Å². The Balaban J connectivity index is 1.79. The Bertz CT molecular complexity index is 503. The smallest absolute Gasteiger partial charge is 0.119 e. The van der Waals surface area contributed by atoms with Crippen molar-refractivity contribution in [2.45, 2.75) is 31.0 Å². The van der Waals surface area contributed by atoms with E-state index in [4.69, 9.17) is 4.74 Å². The van der Waals surface area contributed by atoms with Gasteiger partial charge >= 0.3 is 0 Å². The van der Waals surface area contributed by atoms with Gasteiger partial charge in [0.25, 0.3) is 0 Å². The van der Waals surface area contributed by atoms with Gasteiger partial charge < -0.3 is 15.0 Å². The van der Waals surface area contributed by atoms with Crippen LogP contribution in [0.3, 0.4) is 0 Å². The molecule has 0 radical (unpaired) electrons. The van der Waals surface area contributed by atoms with Crippen molar-refractivity contribution in [3.63, 3.8) is 0 Å². The molecule has 1 heterocycles. The molecule has 4 heteroatoms. The van der Waals surface area contributed by atoms with Crippen LogP contribution in [0.15, 0.2) is 18.2 Å². The molecule has 3 rings (SSSR count). The van der Waals surface area contributed by atoms with Crippen LogP contribution in [0.2, 0.25) is 0 Å². The van der Waals surface area contributed by atoms with Gasteiger partial charge in [0, 0.05) is 31.2 Å². The molecular weight excluding hydrogens is 262 g/mol. The number of ether oxygens (including phenoxy) is 1. The summed E-state index contributed by atoms with van der Waals surface area (Å²) < 4.78 is 5.39. The van der Waals surface area contributed by atoms with Crippen molar-refractivity contribution in [1.29, 1.82) is 0 Å². The molecule has 1 N–H and O–H groups in total. The largest absolute Gasteiger partial charge is 0.497 e. The zero-order valence-electron chi connectivity index (χ0n) is 13.6. The van der Waals surface area contributed by atoms with Gasteiger partial charge in [0.1, 0.15) is 5.75 Å². The van der Waals surface area contributed by atoms with Crippen molar-refractivity contribution in [2.75, 3.05) is 41.3 Å². The third-order valence-corrected chi connectivity index (χ3v) is 5.21. The average molecular weight is 289 g/mol. The summed E-state index contributed by atoms with van der Waals surface area (Å²) in [7, 11) is 8.20. The fourth-order valence-electron chi connectivity index (χ4n) is 3.90. The monoisotopic (exact) mass is 289 g/mol. The second kappa shape index (κ2) is 5.95. The van der Waals surface area contributed by atoms with Gasteiger partial charge in [0.15, 0.2) is 0 Å². The van der Waals surface area contributed by atoms with Crippen LogP contribution in [0, 0.1) is 0 Å². The lowest BCUT2D eigenvalue weighted by atomic mass is 10.1. The molecule has 4 nitrogen and oxygen atoms in total. The fourth-order valence-corrected chi connectivity index (χ4v) is 3.90. The Kier molecular flexibility index (Phi) is 4.20. The van der Waals surface area contributed by atoms with Gasteiger partial charge in [0.2, 0.25) is 0 Å². The number of likely N-dealkylation sites (N-methyl/N-ethyl adjacent to an activating group) is 2. The normalized spacial score (nSPS) is 29.1. The van der Waals surface area contributed by atoms with Crippen LogP contribution in [0.5, 0.6) is 5.75 Å². The molecular formula is C17H27N3O. The van der Waals surface area contributed by atoms with Crippen molar-refractivity contribution in [1.82, 2.24) is 15.1 Å². The van der Waals surface area contributed by atoms with E-state index >= 15 is 0 Å². The van der Waals surface area contributed by atoms with Crippen LogP contribution in [0.4, 0.5) is 0 Å².